The molecule has 0 radical (unpaired) electrons. The summed E-state index contributed by atoms with van der Waals surface area (Å²) in [5.41, 5.74) is 1.08. The Morgan fingerprint density at radius 2 is 2.00 bits per heavy atom. The van der Waals surface area contributed by atoms with Crippen molar-refractivity contribution < 1.29 is 4.92 Å². The zero-order valence-corrected chi connectivity index (χ0v) is 13.5. The van der Waals surface area contributed by atoms with Crippen molar-refractivity contribution in [2.75, 3.05) is 7.05 Å². The molecule has 0 fully saturated rings. The predicted octanol–water partition coefficient (Wildman–Crippen LogP) is 4.22. The van der Waals surface area contributed by atoms with E-state index in [4.69, 9.17) is 0 Å². The van der Waals surface area contributed by atoms with Crippen LogP contribution < -0.4 is 0 Å². The molecule has 0 saturated heterocycles. The van der Waals surface area contributed by atoms with Crippen molar-refractivity contribution in [3.8, 4) is 0 Å². The first-order valence-corrected chi connectivity index (χ1v) is 7.24. The highest BCUT2D eigenvalue weighted by atomic mass is 79.9. The van der Waals surface area contributed by atoms with E-state index in [-0.39, 0.29) is 10.6 Å². The van der Waals surface area contributed by atoms with E-state index in [1.165, 1.54) is 6.07 Å². The number of nitro groups is 1. The molecule has 0 saturated carbocycles. The lowest BCUT2D eigenvalue weighted by Gasteiger charge is -2.26. The lowest BCUT2D eigenvalue weighted by molar-refractivity contribution is -0.385. The lowest BCUT2D eigenvalue weighted by Crippen LogP contribution is -2.29. The molecule has 0 aliphatic carbocycles. The second kappa shape index (κ2) is 7.01. The summed E-state index contributed by atoms with van der Waals surface area (Å²) in [5.74, 6) is 0.644. The van der Waals surface area contributed by atoms with Crippen LogP contribution >= 0.6 is 15.9 Å². The van der Waals surface area contributed by atoms with Crippen LogP contribution in [0.3, 0.4) is 0 Å². The van der Waals surface area contributed by atoms with Gasteiger partial charge in [0.1, 0.15) is 0 Å². The van der Waals surface area contributed by atoms with Gasteiger partial charge >= 0.3 is 0 Å². The van der Waals surface area contributed by atoms with Crippen LogP contribution in [0.2, 0.25) is 0 Å². The van der Waals surface area contributed by atoms with Gasteiger partial charge in [-0.15, -0.1) is 0 Å². The van der Waals surface area contributed by atoms with Crippen molar-refractivity contribution in [1.29, 1.82) is 0 Å². The fourth-order valence-electron chi connectivity index (χ4n) is 2.12. The summed E-state index contributed by atoms with van der Waals surface area (Å²) < 4.78 is 0.587. The highest BCUT2D eigenvalue weighted by Crippen LogP contribution is 2.29. The Morgan fingerprint density at radius 1 is 1.37 bits per heavy atom. The highest BCUT2D eigenvalue weighted by molar-refractivity contribution is 9.10. The maximum atomic E-state index is 10.9. The molecule has 0 heterocycles. The largest absolute Gasteiger partial charge is 0.299 e. The Kier molecular flexibility index (Phi) is 5.94. The summed E-state index contributed by atoms with van der Waals surface area (Å²) in [4.78, 5) is 12.8. The molecular weight excluding hydrogens is 308 g/mol. The van der Waals surface area contributed by atoms with E-state index in [1.807, 2.05) is 6.07 Å². The van der Waals surface area contributed by atoms with Crippen LogP contribution in [-0.4, -0.2) is 22.9 Å². The molecule has 0 N–H and O–H groups in total. The Labute approximate surface area is 123 Å². The van der Waals surface area contributed by atoms with Gasteiger partial charge in [-0.05, 0) is 47.8 Å². The summed E-state index contributed by atoms with van der Waals surface area (Å²) in [7, 11) is 2.05. The van der Waals surface area contributed by atoms with E-state index in [9.17, 15) is 10.1 Å². The summed E-state index contributed by atoms with van der Waals surface area (Å²) in [6.07, 6.45) is 1.11. The summed E-state index contributed by atoms with van der Waals surface area (Å²) in [5, 5.41) is 10.9. The first kappa shape index (κ1) is 16.1. The van der Waals surface area contributed by atoms with Crippen LogP contribution in [0.15, 0.2) is 22.7 Å². The van der Waals surface area contributed by atoms with Crippen LogP contribution in [0.5, 0.6) is 0 Å². The van der Waals surface area contributed by atoms with Crippen molar-refractivity contribution in [2.45, 2.75) is 39.8 Å². The molecule has 1 aromatic rings. The second-order valence-electron chi connectivity index (χ2n) is 5.40. The minimum absolute atomic E-state index is 0.127. The summed E-state index contributed by atoms with van der Waals surface area (Å²) >= 11 is 3.34. The molecule has 5 heteroatoms. The van der Waals surface area contributed by atoms with Gasteiger partial charge < -0.3 is 0 Å². The average molecular weight is 329 g/mol. The highest BCUT2D eigenvalue weighted by Gasteiger charge is 2.17. The van der Waals surface area contributed by atoms with E-state index in [1.54, 1.807) is 6.07 Å². The molecule has 1 aromatic carbocycles. The van der Waals surface area contributed by atoms with Crippen LogP contribution in [0.25, 0.3) is 0 Å². The number of nitro benzene ring substituents is 1. The molecule has 0 spiro atoms. The van der Waals surface area contributed by atoms with Crippen LogP contribution in [0.4, 0.5) is 5.69 Å². The van der Waals surface area contributed by atoms with E-state index in [0.29, 0.717) is 23.0 Å². The van der Waals surface area contributed by atoms with Gasteiger partial charge in [0.2, 0.25) is 0 Å². The van der Waals surface area contributed by atoms with Crippen molar-refractivity contribution in [1.82, 2.24) is 4.90 Å². The molecule has 0 aliphatic rings. The summed E-state index contributed by atoms with van der Waals surface area (Å²) in [6, 6.07) is 5.63. The van der Waals surface area contributed by atoms with Crippen LogP contribution in [-0.2, 0) is 6.54 Å². The van der Waals surface area contributed by atoms with E-state index in [2.05, 4.69) is 48.6 Å². The quantitative estimate of drug-likeness (QED) is 0.580. The first-order chi connectivity index (χ1) is 8.82. The number of rotatable bonds is 6. The molecule has 1 atom stereocenters. The van der Waals surface area contributed by atoms with Crippen molar-refractivity contribution in [2.24, 2.45) is 5.92 Å². The second-order valence-corrected chi connectivity index (χ2v) is 6.19. The molecule has 1 unspecified atom stereocenters. The minimum Gasteiger partial charge on any atom is -0.299 e. The standard InChI is InChI=1S/C14H21BrN2O2/c1-10(2)8-11(3)16(4)9-12-6-5-7-13(14(12)15)17(18)19/h5-7,10-11H,8-9H2,1-4H3. The summed E-state index contributed by atoms with van der Waals surface area (Å²) in [6.45, 7) is 7.29. The van der Waals surface area contributed by atoms with Gasteiger partial charge in [-0.2, -0.15) is 0 Å². The number of benzene rings is 1. The van der Waals surface area contributed by atoms with Crippen LogP contribution in [0.1, 0.15) is 32.8 Å². The lowest BCUT2D eigenvalue weighted by atomic mass is 10.0. The van der Waals surface area contributed by atoms with Gasteiger partial charge in [0, 0.05) is 18.7 Å². The topological polar surface area (TPSA) is 46.4 Å². The van der Waals surface area contributed by atoms with Gasteiger partial charge in [-0.3, -0.25) is 15.0 Å². The molecule has 0 bridgehead atoms. The van der Waals surface area contributed by atoms with Gasteiger partial charge in [0.05, 0.1) is 9.40 Å². The van der Waals surface area contributed by atoms with Gasteiger partial charge in [-0.25, -0.2) is 0 Å². The van der Waals surface area contributed by atoms with Crippen molar-refractivity contribution >= 4 is 21.6 Å². The molecule has 1 rings (SSSR count). The van der Waals surface area contributed by atoms with E-state index < -0.39 is 0 Å². The average Bonchev–Trinajstić information content (AvgIpc) is 2.30. The SMILES string of the molecule is CC(C)CC(C)N(C)Cc1cccc([N+](=O)[O-])c1Br. The number of hydrogen-bond donors (Lipinski definition) is 0. The third kappa shape index (κ3) is 4.58. The fourth-order valence-corrected chi connectivity index (χ4v) is 2.65. The van der Waals surface area contributed by atoms with E-state index >= 15 is 0 Å². The smallest absolute Gasteiger partial charge is 0.283 e. The third-order valence-corrected chi connectivity index (χ3v) is 4.16. The zero-order chi connectivity index (χ0) is 14.6. The zero-order valence-electron chi connectivity index (χ0n) is 11.9. The van der Waals surface area contributed by atoms with Gasteiger partial charge in [-0.1, -0.05) is 26.0 Å². The third-order valence-electron chi connectivity index (χ3n) is 3.24. The van der Waals surface area contributed by atoms with Crippen molar-refractivity contribution in [3.63, 3.8) is 0 Å². The molecule has 0 aliphatic heterocycles. The number of nitrogens with zero attached hydrogens (tertiary/aromatic N) is 2. The molecule has 4 nitrogen and oxygen atoms in total. The van der Waals surface area contributed by atoms with Gasteiger partial charge in [0.25, 0.3) is 5.69 Å². The number of hydrogen-bond acceptors (Lipinski definition) is 3. The maximum absolute atomic E-state index is 10.9. The fraction of sp³-hybridized carbons (Fsp3) is 0.571. The van der Waals surface area contributed by atoms with Gasteiger partial charge in [0.15, 0.2) is 0 Å². The first-order valence-electron chi connectivity index (χ1n) is 6.45. The molecule has 0 aromatic heterocycles. The predicted molar refractivity (Wildman–Crippen MR) is 81.2 cm³/mol. The Bertz CT molecular complexity index is 449. The Morgan fingerprint density at radius 3 is 2.53 bits per heavy atom. The van der Waals surface area contributed by atoms with E-state index in [0.717, 1.165) is 12.0 Å². The van der Waals surface area contributed by atoms with Crippen molar-refractivity contribution in [3.05, 3.63) is 38.3 Å². The Balaban J connectivity index is 2.82. The van der Waals surface area contributed by atoms with Crippen LogP contribution in [0, 0.1) is 16.0 Å². The Hall–Kier alpha value is -0.940. The maximum Gasteiger partial charge on any atom is 0.283 e. The normalized spacial score (nSPS) is 13.0. The molecule has 106 valence electrons. The number of halogens is 1. The molecular formula is C14H21BrN2O2. The minimum atomic E-state index is -0.356. The molecule has 19 heavy (non-hydrogen) atoms. The molecule has 0 amide bonds. The monoisotopic (exact) mass is 328 g/mol.